The summed E-state index contributed by atoms with van der Waals surface area (Å²) in [5, 5.41) is 9.46. The molecule has 0 bridgehead atoms. The predicted molar refractivity (Wildman–Crippen MR) is 85.9 cm³/mol. The van der Waals surface area contributed by atoms with Gasteiger partial charge in [-0.05, 0) is 42.0 Å². The summed E-state index contributed by atoms with van der Waals surface area (Å²) in [6.07, 6.45) is 1.11. The van der Waals surface area contributed by atoms with Crippen LogP contribution in [-0.2, 0) is 16.6 Å². The molecule has 0 spiro atoms. The number of carboxylic acid groups (broad SMARTS) is 1. The molecule has 22 heavy (non-hydrogen) atoms. The van der Waals surface area contributed by atoms with Crippen LogP contribution in [0.1, 0.15) is 15.9 Å². The number of carbonyl (C=O) groups is 1. The first-order valence-electron chi connectivity index (χ1n) is 6.33. The summed E-state index contributed by atoms with van der Waals surface area (Å²) in [5.41, 5.74) is 1.28. The lowest BCUT2D eigenvalue weighted by Gasteiger charge is -2.22. The van der Waals surface area contributed by atoms with Crippen LogP contribution < -0.4 is 4.31 Å². The molecule has 0 radical (unpaired) electrons. The second kappa shape index (κ2) is 6.37. The van der Waals surface area contributed by atoms with Crippen LogP contribution >= 0.6 is 11.6 Å². The van der Waals surface area contributed by atoms with Gasteiger partial charge in [0.1, 0.15) is 0 Å². The molecule has 0 aliphatic rings. The van der Waals surface area contributed by atoms with Crippen molar-refractivity contribution in [1.82, 2.24) is 0 Å². The molecule has 2 rings (SSSR count). The number of hydrogen-bond donors (Lipinski definition) is 1. The third-order valence-electron chi connectivity index (χ3n) is 3.04. The van der Waals surface area contributed by atoms with Crippen LogP contribution in [0.25, 0.3) is 0 Å². The minimum absolute atomic E-state index is 0.101. The largest absolute Gasteiger partial charge is 0.478 e. The van der Waals surface area contributed by atoms with Crippen LogP contribution in [0.3, 0.4) is 0 Å². The Bertz CT molecular complexity index is 770. The maximum absolute atomic E-state index is 12.0. The second-order valence-electron chi connectivity index (χ2n) is 4.75. The van der Waals surface area contributed by atoms with E-state index in [0.29, 0.717) is 10.7 Å². The standard InChI is InChI=1S/C15H14ClNO4S/c1-22(20,21)17(10-11-2-6-13(16)7-3-11)14-8-4-12(5-9-14)15(18)19/h2-9H,10H2,1H3,(H,18,19). The lowest BCUT2D eigenvalue weighted by Crippen LogP contribution is -2.29. The monoisotopic (exact) mass is 339 g/mol. The van der Waals surface area contributed by atoms with Gasteiger partial charge in [-0.2, -0.15) is 0 Å². The highest BCUT2D eigenvalue weighted by Crippen LogP contribution is 2.22. The smallest absolute Gasteiger partial charge is 0.335 e. The van der Waals surface area contributed by atoms with E-state index < -0.39 is 16.0 Å². The van der Waals surface area contributed by atoms with E-state index in [-0.39, 0.29) is 12.1 Å². The summed E-state index contributed by atoms with van der Waals surface area (Å²) in [4.78, 5) is 10.9. The zero-order valence-electron chi connectivity index (χ0n) is 11.7. The van der Waals surface area contributed by atoms with Gasteiger partial charge < -0.3 is 5.11 Å². The number of rotatable bonds is 5. The Morgan fingerprint density at radius 3 is 2.09 bits per heavy atom. The van der Waals surface area contributed by atoms with Gasteiger partial charge in [0.05, 0.1) is 24.1 Å². The van der Waals surface area contributed by atoms with Crippen molar-refractivity contribution < 1.29 is 18.3 Å². The summed E-state index contributed by atoms with van der Waals surface area (Å²) >= 11 is 5.81. The maximum atomic E-state index is 12.0. The molecule has 0 fully saturated rings. The quantitative estimate of drug-likeness (QED) is 0.908. The molecule has 0 aliphatic carbocycles. The number of benzene rings is 2. The van der Waals surface area contributed by atoms with Crippen molar-refractivity contribution in [3.8, 4) is 0 Å². The highest BCUT2D eigenvalue weighted by molar-refractivity contribution is 7.92. The number of halogens is 1. The molecular weight excluding hydrogens is 326 g/mol. The maximum Gasteiger partial charge on any atom is 0.335 e. The van der Waals surface area contributed by atoms with Crippen LogP contribution in [0.5, 0.6) is 0 Å². The highest BCUT2D eigenvalue weighted by atomic mass is 35.5. The van der Waals surface area contributed by atoms with Gasteiger partial charge in [0.25, 0.3) is 0 Å². The van der Waals surface area contributed by atoms with Crippen molar-refractivity contribution in [2.45, 2.75) is 6.54 Å². The van der Waals surface area contributed by atoms with E-state index in [2.05, 4.69) is 0 Å². The van der Waals surface area contributed by atoms with Crippen LogP contribution in [0.4, 0.5) is 5.69 Å². The van der Waals surface area contributed by atoms with Crippen LogP contribution in [0.15, 0.2) is 48.5 Å². The first-order chi connectivity index (χ1) is 10.3. The first kappa shape index (κ1) is 16.3. The molecular formula is C15H14ClNO4S. The van der Waals surface area contributed by atoms with E-state index in [0.717, 1.165) is 11.8 Å². The summed E-state index contributed by atoms with van der Waals surface area (Å²) in [6.45, 7) is 0.141. The van der Waals surface area contributed by atoms with Crippen molar-refractivity contribution in [3.63, 3.8) is 0 Å². The fourth-order valence-corrected chi connectivity index (χ4v) is 2.94. The molecule has 5 nitrogen and oxygen atoms in total. The van der Waals surface area contributed by atoms with E-state index in [1.807, 2.05) is 0 Å². The van der Waals surface area contributed by atoms with E-state index in [1.54, 1.807) is 24.3 Å². The van der Waals surface area contributed by atoms with Crippen LogP contribution in [0, 0.1) is 0 Å². The van der Waals surface area contributed by atoms with Crippen molar-refractivity contribution in [2.24, 2.45) is 0 Å². The van der Waals surface area contributed by atoms with Crippen molar-refractivity contribution in [2.75, 3.05) is 10.6 Å². The second-order valence-corrected chi connectivity index (χ2v) is 7.09. The van der Waals surface area contributed by atoms with Gasteiger partial charge in [-0.1, -0.05) is 23.7 Å². The molecule has 2 aromatic rings. The van der Waals surface area contributed by atoms with E-state index >= 15 is 0 Å². The normalized spacial score (nSPS) is 11.2. The molecule has 0 saturated heterocycles. The minimum Gasteiger partial charge on any atom is -0.478 e. The molecule has 0 atom stereocenters. The molecule has 7 heteroatoms. The number of sulfonamides is 1. The Morgan fingerprint density at radius 1 is 1.09 bits per heavy atom. The average Bonchev–Trinajstić information content (AvgIpc) is 2.45. The van der Waals surface area contributed by atoms with E-state index in [1.165, 1.54) is 28.6 Å². The Kier molecular flexibility index (Phi) is 4.73. The molecule has 0 amide bonds. The average molecular weight is 340 g/mol. The van der Waals surface area contributed by atoms with Crippen LogP contribution in [-0.4, -0.2) is 25.7 Å². The van der Waals surface area contributed by atoms with Gasteiger partial charge in [-0.15, -0.1) is 0 Å². The third kappa shape index (κ3) is 3.99. The van der Waals surface area contributed by atoms with Gasteiger partial charge in [0, 0.05) is 5.02 Å². The Balaban J connectivity index is 2.34. The molecule has 0 aliphatic heterocycles. The zero-order valence-corrected chi connectivity index (χ0v) is 13.3. The van der Waals surface area contributed by atoms with Crippen molar-refractivity contribution in [1.29, 1.82) is 0 Å². The van der Waals surface area contributed by atoms with Gasteiger partial charge in [0.15, 0.2) is 0 Å². The van der Waals surface area contributed by atoms with Crippen LogP contribution in [0.2, 0.25) is 5.02 Å². The number of aromatic carboxylic acids is 1. The van der Waals surface area contributed by atoms with Gasteiger partial charge in [-0.25, -0.2) is 13.2 Å². The zero-order chi connectivity index (χ0) is 16.3. The molecule has 0 unspecified atom stereocenters. The highest BCUT2D eigenvalue weighted by Gasteiger charge is 2.18. The molecule has 0 heterocycles. The van der Waals surface area contributed by atoms with Crippen molar-refractivity contribution >= 4 is 33.3 Å². The predicted octanol–water partition coefficient (Wildman–Crippen LogP) is 3.00. The lowest BCUT2D eigenvalue weighted by molar-refractivity contribution is 0.0697. The number of carboxylic acids is 1. The SMILES string of the molecule is CS(=O)(=O)N(Cc1ccc(Cl)cc1)c1ccc(C(=O)O)cc1. The Labute approximate surface area is 133 Å². The van der Waals surface area contributed by atoms with Crippen molar-refractivity contribution in [3.05, 3.63) is 64.7 Å². The molecule has 0 saturated carbocycles. The first-order valence-corrected chi connectivity index (χ1v) is 8.55. The van der Waals surface area contributed by atoms with Gasteiger partial charge in [-0.3, -0.25) is 4.31 Å². The molecule has 1 N–H and O–H groups in total. The van der Waals surface area contributed by atoms with Gasteiger partial charge >= 0.3 is 5.97 Å². The molecule has 116 valence electrons. The number of anilines is 1. The minimum atomic E-state index is -3.51. The fraction of sp³-hybridized carbons (Fsp3) is 0.133. The lowest BCUT2D eigenvalue weighted by atomic mass is 10.2. The molecule has 2 aromatic carbocycles. The molecule has 0 aromatic heterocycles. The number of hydrogen-bond acceptors (Lipinski definition) is 3. The summed E-state index contributed by atoms with van der Waals surface area (Å²) < 4.78 is 25.2. The summed E-state index contributed by atoms with van der Waals surface area (Å²) in [5.74, 6) is -1.06. The Hall–Kier alpha value is -2.05. The summed E-state index contributed by atoms with van der Waals surface area (Å²) in [7, 11) is -3.51. The third-order valence-corrected chi connectivity index (χ3v) is 4.43. The topological polar surface area (TPSA) is 74.7 Å². The van der Waals surface area contributed by atoms with E-state index in [9.17, 15) is 13.2 Å². The summed E-state index contributed by atoms with van der Waals surface area (Å²) in [6, 6.07) is 12.5. The Morgan fingerprint density at radius 2 is 1.64 bits per heavy atom. The van der Waals surface area contributed by atoms with Gasteiger partial charge in [0.2, 0.25) is 10.0 Å². The number of nitrogens with zero attached hydrogens (tertiary/aromatic N) is 1. The fourth-order valence-electron chi connectivity index (χ4n) is 1.93. The van der Waals surface area contributed by atoms with E-state index in [4.69, 9.17) is 16.7 Å².